The zero-order valence-electron chi connectivity index (χ0n) is 17.3. The molecule has 30 heavy (non-hydrogen) atoms. The van der Waals surface area contributed by atoms with E-state index in [1.54, 1.807) is 47.2 Å². The zero-order valence-corrected chi connectivity index (χ0v) is 17.3. The van der Waals surface area contributed by atoms with Gasteiger partial charge in [0, 0.05) is 12.6 Å². The van der Waals surface area contributed by atoms with E-state index in [-0.39, 0.29) is 24.4 Å². The van der Waals surface area contributed by atoms with E-state index in [2.05, 4.69) is 15.4 Å². The van der Waals surface area contributed by atoms with Gasteiger partial charge in [0.05, 0.1) is 24.9 Å². The van der Waals surface area contributed by atoms with Gasteiger partial charge in [-0.15, -0.1) is 0 Å². The normalized spacial score (nSPS) is 11.6. The largest absolute Gasteiger partial charge is 0.494 e. The van der Waals surface area contributed by atoms with Crippen LogP contribution in [0, 0.1) is 0 Å². The number of hydrogen-bond acceptors (Lipinski definition) is 5. The fourth-order valence-electron chi connectivity index (χ4n) is 2.94. The molecule has 156 valence electrons. The van der Waals surface area contributed by atoms with Crippen molar-refractivity contribution in [3.8, 4) is 11.4 Å². The summed E-state index contributed by atoms with van der Waals surface area (Å²) >= 11 is 0. The van der Waals surface area contributed by atoms with Crippen molar-refractivity contribution in [2.75, 3.05) is 20.2 Å². The summed E-state index contributed by atoms with van der Waals surface area (Å²) in [6, 6.07) is 14.4. The van der Waals surface area contributed by atoms with Crippen molar-refractivity contribution in [1.29, 1.82) is 0 Å². The summed E-state index contributed by atoms with van der Waals surface area (Å²) in [5.74, 6) is 0.222. The fourth-order valence-corrected chi connectivity index (χ4v) is 2.94. The van der Waals surface area contributed by atoms with E-state index in [1.165, 1.54) is 6.33 Å². The van der Waals surface area contributed by atoms with Crippen LogP contribution in [-0.4, -0.2) is 51.7 Å². The summed E-state index contributed by atoms with van der Waals surface area (Å²) in [5.41, 5.74) is 2.35. The lowest BCUT2D eigenvalue weighted by atomic mass is 10.1. The molecule has 8 heteroatoms. The Bertz CT molecular complexity index is 969. The Morgan fingerprint density at radius 3 is 2.43 bits per heavy atom. The number of aromatic nitrogens is 3. The molecule has 1 aromatic heterocycles. The SMILES string of the molecule is CCOc1ccc(C(=O)NCC(=O)N(C)[C@@H](C)c2ccc(-n3cncn3)cc2)cc1. The molecule has 0 spiro atoms. The third-order valence-corrected chi connectivity index (χ3v) is 4.86. The fraction of sp³-hybridized carbons (Fsp3) is 0.273. The van der Waals surface area contributed by atoms with E-state index in [1.807, 2.05) is 38.1 Å². The molecular weight excluding hydrogens is 382 g/mol. The van der Waals surface area contributed by atoms with Gasteiger partial charge in [0.2, 0.25) is 5.91 Å². The summed E-state index contributed by atoms with van der Waals surface area (Å²) in [6.45, 7) is 4.32. The van der Waals surface area contributed by atoms with Crippen LogP contribution in [-0.2, 0) is 4.79 Å². The first kappa shape index (κ1) is 21.0. The highest BCUT2D eigenvalue weighted by atomic mass is 16.5. The van der Waals surface area contributed by atoms with Crippen LogP contribution in [0.25, 0.3) is 5.69 Å². The van der Waals surface area contributed by atoms with E-state index >= 15 is 0 Å². The smallest absolute Gasteiger partial charge is 0.251 e. The highest BCUT2D eigenvalue weighted by molar-refractivity contribution is 5.96. The second kappa shape index (κ2) is 9.69. The van der Waals surface area contributed by atoms with Crippen molar-refractivity contribution >= 4 is 11.8 Å². The van der Waals surface area contributed by atoms with Crippen LogP contribution in [0.15, 0.2) is 61.2 Å². The Morgan fingerprint density at radius 1 is 1.13 bits per heavy atom. The topological polar surface area (TPSA) is 89.4 Å². The minimum Gasteiger partial charge on any atom is -0.494 e. The molecule has 1 N–H and O–H groups in total. The monoisotopic (exact) mass is 407 g/mol. The molecule has 1 heterocycles. The molecule has 0 bridgehead atoms. The molecule has 0 aliphatic heterocycles. The number of amides is 2. The average Bonchev–Trinajstić information content (AvgIpc) is 3.32. The minimum absolute atomic E-state index is 0.0794. The molecule has 0 radical (unpaired) electrons. The average molecular weight is 407 g/mol. The van der Waals surface area contributed by atoms with Crippen molar-refractivity contribution in [3.05, 3.63) is 72.3 Å². The van der Waals surface area contributed by atoms with E-state index in [0.717, 1.165) is 11.3 Å². The first-order chi connectivity index (χ1) is 14.5. The lowest BCUT2D eigenvalue weighted by Gasteiger charge is -2.25. The van der Waals surface area contributed by atoms with E-state index in [4.69, 9.17) is 4.74 Å². The van der Waals surface area contributed by atoms with Gasteiger partial charge in [0.15, 0.2) is 0 Å². The Labute approximate surface area is 175 Å². The highest BCUT2D eigenvalue weighted by Crippen LogP contribution is 2.20. The maximum Gasteiger partial charge on any atom is 0.251 e. The molecule has 0 saturated carbocycles. The van der Waals surface area contributed by atoms with E-state index in [9.17, 15) is 9.59 Å². The molecule has 0 unspecified atom stereocenters. The van der Waals surface area contributed by atoms with Crippen molar-refractivity contribution in [2.45, 2.75) is 19.9 Å². The molecule has 3 rings (SSSR count). The van der Waals surface area contributed by atoms with Gasteiger partial charge in [-0.2, -0.15) is 5.10 Å². The van der Waals surface area contributed by atoms with Gasteiger partial charge >= 0.3 is 0 Å². The number of likely N-dealkylation sites (N-methyl/N-ethyl adjacent to an activating group) is 1. The Hall–Kier alpha value is -3.68. The molecule has 0 aliphatic carbocycles. The minimum atomic E-state index is -0.301. The number of ether oxygens (including phenoxy) is 1. The Morgan fingerprint density at radius 2 is 1.83 bits per heavy atom. The molecule has 2 amide bonds. The first-order valence-electron chi connectivity index (χ1n) is 9.71. The summed E-state index contributed by atoms with van der Waals surface area (Å²) in [7, 11) is 1.72. The summed E-state index contributed by atoms with van der Waals surface area (Å²) in [5, 5.41) is 6.77. The molecule has 2 aromatic carbocycles. The van der Waals surface area contributed by atoms with Crippen LogP contribution in [0.3, 0.4) is 0 Å². The predicted octanol–water partition coefficient (Wildman–Crippen LogP) is 2.62. The van der Waals surface area contributed by atoms with Crippen molar-refractivity contribution < 1.29 is 14.3 Å². The second-order valence-electron chi connectivity index (χ2n) is 6.75. The van der Waals surface area contributed by atoms with E-state index < -0.39 is 0 Å². The molecule has 0 aliphatic rings. The first-order valence-corrected chi connectivity index (χ1v) is 9.71. The molecule has 0 fully saturated rings. The molecular formula is C22H25N5O3. The van der Waals surface area contributed by atoms with Gasteiger partial charge in [0.1, 0.15) is 18.4 Å². The summed E-state index contributed by atoms with van der Waals surface area (Å²) in [6.07, 6.45) is 3.10. The van der Waals surface area contributed by atoms with Gasteiger partial charge in [-0.25, -0.2) is 9.67 Å². The third-order valence-electron chi connectivity index (χ3n) is 4.86. The number of nitrogens with one attached hydrogen (secondary N) is 1. The van der Waals surface area contributed by atoms with Crippen LogP contribution in [0.4, 0.5) is 0 Å². The van der Waals surface area contributed by atoms with E-state index in [0.29, 0.717) is 17.9 Å². The number of carbonyl (C=O) groups excluding carboxylic acids is 2. The van der Waals surface area contributed by atoms with Crippen molar-refractivity contribution in [1.82, 2.24) is 25.0 Å². The van der Waals surface area contributed by atoms with Gasteiger partial charge in [0.25, 0.3) is 5.91 Å². The number of hydrogen-bond donors (Lipinski definition) is 1. The number of rotatable bonds is 8. The quantitative estimate of drug-likeness (QED) is 0.620. The summed E-state index contributed by atoms with van der Waals surface area (Å²) in [4.78, 5) is 30.4. The van der Waals surface area contributed by atoms with Gasteiger partial charge in [-0.1, -0.05) is 12.1 Å². The Balaban J connectivity index is 1.55. The van der Waals surface area contributed by atoms with Crippen LogP contribution >= 0.6 is 0 Å². The van der Waals surface area contributed by atoms with Gasteiger partial charge in [-0.3, -0.25) is 9.59 Å². The van der Waals surface area contributed by atoms with Crippen LogP contribution < -0.4 is 10.1 Å². The van der Waals surface area contributed by atoms with Crippen LogP contribution in [0.1, 0.15) is 35.8 Å². The lowest BCUT2D eigenvalue weighted by molar-refractivity contribution is -0.130. The number of benzene rings is 2. The van der Waals surface area contributed by atoms with Crippen LogP contribution in [0.5, 0.6) is 5.75 Å². The van der Waals surface area contributed by atoms with Crippen LogP contribution in [0.2, 0.25) is 0 Å². The second-order valence-corrected chi connectivity index (χ2v) is 6.75. The lowest BCUT2D eigenvalue weighted by Crippen LogP contribution is -2.39. The van der Waals surface area contributed by atoms with Crippen molar-refractivity contribution in [2.24, 2.45) is 0 Å². The van der Waals surface area contributed by atoms with Crippen molar-refractivity contribution in [3.63, 3.8) is 0 Å². The number of carbonyl (C=O) groups is 2. The Kier molecular flexibility index (Phi) is 6.79. The highest BCUT2D eigenvalue weighted by Gasteiger charge is 2.18. The zero-order chi connectivity index (χ0) is 21.5. The van der Waals surface area contributed by atoms with Gasteiger partial charge in [-0.05, 0) is 55.8 Å². The summed E-state index contributed by atoms with van der Waals surface area (Å²) < 4.78 is 7.03. The molecule has 8 nitrogen and oxygen atoms in total. The number of nitrogens with zero attached hydrogens (tertiary/aromatic N) is 4. The third kappa shape index (κ3) is 5.02. The van der Waals surface area contributed by atoms with Gasteiger partial charge < -0.3 is 15.0 Å². The standard InChI is InChI=1S/C22H25N5O3/c1-4-30-20-11-7-18(8-12-20)22(29)24-13-21(28)26(3)16(2)17-5-9-19(10-6-17)27-15-23-14-25-27/h5-12,14-16H,4,13H2,1-3H3,(H,24,29)/t16-/m0/s1. The molecule has 3 aromatic rings. The maximum atomic E-state index is 12.6. The molecule has 0 saturated heterocycles. The maximum absolute atomic E-state index is 12.6. The predicted molar refractivity (Wildman–Crippen MR) is 112 cm³/mol. The molecule has 1 atom stereocenters.